The quantitative estimate of drug-likeness (QED) is 0.482. The average Bonchev–Trinajstić information content (AvgIpc) is 3.04. The number of hydrogen-bond acceptors (Lipinski definition) is 3. The molecule has 1 aromatic carbocycles. The van der Waals surface area contributed by atoms with Crippen molar-refractivity contribution in [2.45, 2.75) is 6.92 Å². The lowest BCUT2D eigenvalue weighted by Crippen LogP contribution is -2.23. The second kappa shape index (κ2) is 8.50. The van der Waals surface area contributed by atoms with Gasteiger partial charge in [0.1, 0.15) is 5.69 Å². The summed E-state index contributed by atoms with van der Waals surface area (Å²) in [5, 5.41) is 6.21. The Kier molecular flexibility index (Phi) is 6.26. The first-order valence-corrected chi connectivity index (χ1v) is 9.98. The van der Waals surface area contributed by atoms with Crippen LogP contribution in [0.2, 0.25) is 10.0 Å². The van der Waals surface area contributed by atoms with Crippen LogP contribution >= 0.6 is 45.8 Å². The van der Waals surface area contributed by atoms with E-state index in [9.17, 15) is 9.59 Å². The molecule has 0 radical (unpaired) electrons. The SMILES string of the molecule is CNC(=O)c1cc(Cl)cc(C)c1NC(=O)c1ccc(I)n1-c1ncccc1Cl. The molecule has 0 spiro atoms. The van der Waals surface area contributed by atoms with Gasteiger partial charge in [-0.3, -0.25) is 14.2 Å². The summed E-state index contributed by atoms with van der Waals surface area (Å²) in [6.07, 6.45) is 1.60. The number of carbonyl (C=O) groups excluding carboxylic acids is 2. The molecule has 144 valence electrons. The second-order valence-corrected chi connectivity index (χ2v) is 7.81. The highest BCUT2D eigenvalue weighted by atomic mass is 127. The number of anilines is 1. The van der Waals surface area contributed by atoms with Crippen molar-refractivity contribution in [1.29, 1.82) is 0 Å². The first kappa shape index (κ1) is 20.6. The van der Waals surface area contributed by atoms with Gasteiger partial charge in [0.2, 0.25) is 0 Å². The summed E-state index contributed by atoms with van der Waals surface area (Å²) in [5.41, 5.74) is 1.68. The van der Waals surface area contributed by atoms with Crippen molar-refractivity contribution in [3.8, 4) is 5.82 Å². The number of rotatable bonds is 4. The van der Waals surface area contributed by atoms with Gasteiger partial charge in [0.15, 0.2) is 5.82 Å². The highest BCUT2D eigenvalue weighted by molar-refractivity contribution is 14.1. The topological polar surface area (TPSA) is 76.0 Å². The van der Waals surface area contributed by atoms with E-state index in [1.807, 2.05) is 0 Å². The van der Waals surface area contributed by atoms with E-state index < -0.39 is 5.91 Å². The molecule has 6 nitrogen and oxygen atoms in total. The third-order valence-electron chi connectivity index (χ3n) is 4.03. The third kappa shape index (κ3) is 4.01. The van der Waals surface area contributed by atoms with E-state index in [0.717, 1.165) is 3.70 Å². The van der Waals surface area contributed by atoms with Gasteiger partial charge >= 0.3 is 0 Å². The van der Waals surface area contributed by atoms with E-state index in [2.05, 4.69) is 38.2 Å². The Hall–Kier alpha value is -2.10. The van der Waals surface area contributed by atoms with Gasteiger partial charge in [0, 0.05) is 18.3 Å². The van der Waals surface area contributed by atoms with Gasteiger partial charge in [0.25, 0.3) is 11.8 Å². The van der Waals surface area contributed by atoms with E-state index >= 15 is 0 Å². The normalized spacial score (nSPS) is 10.6. The Labute approximate surface area is 185 Å². The van der Waals surface area contributed by atoms with E-state index in [0.29, 0.717) is 32.8 Å². The van der Waals surface area contributed by atoms with Crippen LogP contribution in [0, 0.1) is 10.6 Å². The summed E-state index contributed by atoms with van der Waals surface area (Å²) in [5.74, 6) is -0.304. The first-order chi connectivity index (χ1) is 13.3. The Balaban J connectivity index is 2.05. The molecule has 9 heteroatoms. The van der Waals surface area contributed by atoms with Gasteiger partial charge < -0.3 is 10.6 Å². The van der Waals surface area contributed by atoms with Gasteiger partial charge in [0.05, 0.1) is 20.0 Å². The molecule has 2 heterocycles. The molecule has 28 heavy (non-hydrogen) atoms. The van der Waals surface area contributed by atoms with Gasteiger partial charge in [-0.2, -0.15) is 0 Å². The molecular formula is C19H15Cl2IN4O2. The predicted molar refractivity (Wildman–Crippen MR) is 119 cm³/mol. The largest absolute Gasteiger partial charge is 0.355 e. The van der Waals surface area contributed by atoms with Crippen LogP contribution in [0.5, 0.6) is 0 Å². The number of aromatic nitrogens is 2. The van der Waals surface area contributed by atoms with Crippen molar-refractivity contribution >= 4 is 63.3 Å². The standard InChI is InChI=1S/C19H15Cl2IN4O2/c1-10-8-11(20)9-12(18(27)23-2)16(10)25-19(28)14-5-6-15(22)26(14)17-13(21)4-3-7-24-17/h3-9H,1-2H3,(H,23,27)(H,25,28). The molecule has 3 aromatic rings. The lowest BCUT2D eigenvalue weighted by Gasteiger charge is -2.15. The molecule has 0 saturated heterocycles. The first-order valence-electron chi connectivity index (χ1n) is 8.15. The van der Waals surface area contributed by atoms with E-state index in [4.69, 9.17) is 23.2 Å². The number of carbonyl (C=O) groups is 2. The number of amides is 2. The fourth-order valence-corrected chi connectivity index (χ4v) is 3.89. The van der Waals surface area contributed by atoms with Crippen molar-refractivity contribution in [3.05, 3.63) is 73.2 Å². The zero-order chi connectivity index (χ0) is 20.4. The summed E-state index contributed by atoms with van der Waals surface area (Å²) in [7, 11) is 1.51. The van der Waals surface area contributed by atoms with Crippen LogP contribution < -0.4 is 10.6 Å². The van der Waals surface area contributed by atoms with Crippen molar-refractivity contribution < 1.29 is 9.59 Å². The summed E-state index contributed by atoms with van der Waals surface area (Å²) in [6, 6.07) is 10.1. The molecule has 3 rings (SSSR count). The number of halogens is 3. The van der Waals surface area contributed by atoms with Crippen LogP contribution in [-0.2, 0) is 0 Å². The summed E-state index contributed by atoms with van der Waals surface area (Å²) >= 11 is 14.5. The molecule has 0 bridgehead atoms. The van der Waals surface area contributed by atoms with Crippen LogP contribution in [0.4, 0.5) is 5.69 Å². The Bertz CT molecular complexity index is 1080. The van der Waals surface area contributed by atoms with Crippen LogP contribution in [-0.4, -0.2) is 28.4 Å². The minimum absolute atomic E-state index is 0.282. The fourth-order valence-electron chi connectivity index (χ4n) is 2.75. The number of pyridine rings is 1. The van der Waals surface area contributed by atoms with Crippen LogP contribution in [0.25, 0.3) is 5.82 Å². The highest BCUT2D eigenvalue weighted by Gasteiger charge is 2.21. The van der Waals surface area contributed by atoms with Gasteiger partial charge in [-0.05, 0) is 71.5 Å². The Morgan fingerprint density at radius 2 is 1.89 bits per heavy atom. The minimum Gasteiger partial charge on any atom is -0.355 e. The number of nitrogens with one attached hydrogen (secondary N) is 2. The van der Waals surface area contributed by atoms with Crippen molar-refractivity contribution in [2.75, 3.05) is 12.4 Å². The van der Waals surface area contributed by atoms with E-state index in [-0.39, 0.29) is 11.5 Å². The monoisotopic (exact) mass is 528 g/mol. The molecule has 2 N–H and O–H groups in total. The molecule has 0 aliphatic carbocycles. The average molecular weight is 529 g/mol. The number of aryl methyl sites for hydroxylation is 1. The molecular weight excluding hydrogens is 514 g/mol. The molecule has 0 aliphatic rings. The minimum atomic E-state index is -0.403. The highest BCUT2D eigenvalue weighted by Crippen LogP contribution is 2.28. The smallest absolute Gasteiger partial charge is 0.272 e. The Morgan fingerprint density at radius 1 is 1.14 bits per heavy atom. The molecule has 0 aliphatic heterocycles. The summed E-state index contributed by atoms with van der Waals surface area (Å²) in [6.45, 7) is 1.77. The molecule has 2 amide bonds. The van der Waals surface area contributed by atoms with Crippen molar-refractivity contribution in [3.63, 3.8) is 0 Å². The lowest BCUT2D eigenvalue weighted by atomic mass is 10.1. The molecule has 0 saturated carbocycles. The maximum Gasteiger partial charge on any atom is 0.272 e. The Morgan fingerprint density at radius 3 is 2.57 bits per heavy atom. The van der Waals surface area contributed by atoms with Gasteiger partial charge in [-0.15, -0.1) is 0 Å². The maximum absolute atomic E-state index is 13.1. The molecule has 0 unspecified atom stereocenters. The third-order valence-corrected chi connectivity index (χ3v) is 5.38. The fraction of sp³-hybridized carbons (Fsp3) is 0.105. The summed E-state index contributed by atoms with van der Waals surface area (Å²) < 4.78 is 2.42. The number of benzene rings is 1. The van der Waals surface area contributed by atoms with Gasteiger partial charge in [-0.1, -0.05) is 23.2 Å². The second-order valence-electron chi connectivity index (χ2n) is 5.86. The van der Waals surface area contributed by atoms with Gasteiger partial charge in [-0.25, -0.2) is 4.98 Å². The molecule has 2 aromatic heterocycles. The van der Waals surface area contributed by atoms with Crippen molar-refractivity contribution in [1.82, 2.24) is 14.9 Å². The predicted octanol–water partition coefficient (Wildman–Crippen LogP) is 4.70. The molecule has 0 fully saturated rings. The molecule has 0 atom stereocenters. The zero-order valence-corrected chi connectivity index (χ0v) is 18.6. The number of nitrogens with zero attached hydrogens (tertiary/aromatic N) is 2. The van der Waals surface area contributed by atoms with Crippen molar-refractivity contribution in [2.24, 2.45) is 0 Å². The maximum atomic E-state index is 13.1. The van der Waals surface area contributed by atoms with E-state index in [1.54, 1.807) is 48.0 Å². The number of hydrogen-bond donors (Lipinski definition) is 2. The zero-order valence-electron chi connectivity index (χ0n) is 14.9. The van der Waals surface area contributed by atoms with E-state index in [1.165, 1.54) is 13.1 Å². The van der Waals surface area contributed by atoms with Crippen LogP contribution in [0.15, 0.2) is 42.6 Å². The summed E-state index contributed by atoms with van der Waals surface area (Å²) in [4.78, 5) is 29.6. The van der Waals surface area contributed by atoms with Crippen LogP contribution in [0.3, 0.4) is 0 Å². The van der Waals surface area contributed by atoms with Crippen LogP contribution in [0.1, 0.15) is 26.4 Å². The lowest BCUT2D eigenvalue weighted by molar-refractivity contribution is 0.0964.